The highest BCUT2D eigenvalue weighted by atomic mass is 35.5. The van der Waals surface area contributed by atoms with Crippen molar-refractivity contribution in [2.45, 2.75) is 5.92 Å². The molecule has 2 rings (SSSR count). The predicted octanol–water partition coefficient (Wildman–Crippen LogP) is 3.23. The number of carbonyl (C=O) groups is 1. The van der Waals surface area contributed by atoms with Gasteiger partial charge in [-0.1, -0.05) is 11.6 Å². The number of carbonyl (C=O) groups excluding carboxylic acids is 1. The molecule has 0 amide bonds. The Kier molecular flexibility index (Phi) is 4.34. The minimum atomic E-state index is -0.895. The van der Waals surface area contributed by atoms with Crippen LogP contribution in [0.4, 0.5) is 0 Å². The predicted molar refractivity (Wildman–Crippen MR) is 74.9 cm³/mol. The van der Waals surface area contributed by atoms with E-state index in [4.69, 9.17) is 16.3 Å². The number of ketones is 1. The van der Waals surface area contributed by atoms with Gasteiger partial charge in [0, 0.05) is 17.4 Å². The zero-order valence-corrected chi connectivity index (χ0v) is 11.5. The summed E-state index contributed by atoms with van der Waals surface area (Å²) in [5, 5.41) is 9.74. The standard InChI is InChI=1S/C15H11ClN2O2/c1-20-14-8-11(16)2-3-12(14)15(19)13(9-17)10-4-6-18-7-5-10/h2-8,13H,1H3. The molecule has 1 unspecified atom stereocenters. The molecule has 4 nitrogen and oxygen atoms in total. The van der Waals surface area contributed by atoms with Gasteiger partial charge in [0.25, 0.3) is 0 Å². The number of nitrogens with zero attached hydrogens (tertiary/aromatic N) is 2. The van der Waals surface area contributed by atoms with Gasteiger partial charge in [0.1, 0.15) is 11.7 Å². The lowest BCUT2D eigenvalue weighted by molar-refractivity contribution is 0.0976. The monoisotopic (exact) mass is 286 g/mol. The van der Waals surface area contributed by atoms with Crippen LogP contribution in [0.5, 0.6) is 5.75 Å². The molecular weight excluding hydrogens is 276 g/mol. The number of halogens is 1. The number of rotatable bonds is 4. The molecule has 0 aliphatic carbocycles. The maximum atomic E-state index is 12.5. The van der Waals surface area contributed by atoms with Gasteiger partial charge in [-0.2, -0.15) is 5.26 Å². The van der Waals surface area contributed by atoms with E-state index in [9.17, 15) is 10.1 Å². The summed E-state index contributed by atoms with van der Waals surface area (Å²) in [6.07, 6.45) is 3.10. The largest absolute Gasteiger partial charge is 0.496 e. The number of Topliss-reactive ketones (excluding diaryl/α,β-unsaturated/α-hetero) is 1. The van der Waals surface area contributed by atoms with Crippen LogP contribution in [0.15, 0.2) is 42.7 Å². The van der Waals surface area contributed by atoms with Crippen LogP contribution in [-0.2, 0) is 0 Å². The summed E-state index contributed by atoms with van der Waals surface area (Å²) in [7, 11) is 1.45. The second-order valence-electron chi connectivity index (χ2n) is 4.05. The van der Waals surface area contributed by atoms with Crippen LogP contribution in [0, 0.1) is 11.3 Å². The summed E-state index contributed by atoms with van der Waals surface area (Å²) in [6, 6.07) is 10.0. The molecule has 0 fully saturated rings. The van der Waals surface area contributed by atoms with E-state index in [0.29, 0.717) is 21.9 Å². The Balaban J connectivity index is 2.42. The van der Waals surface area contributed by atoms with E-state index in [1.807, 2.05) is 6.07 Å². The average Bonchev–Trinajstić information content (AvgIpc) is 2.48. The molecule has 20 heavy (non-hydrogen) atoms. The van der Waals surface area contributed by atoms with Crippen LogP contribution in [0.2, 0.25) is 5.02 Å². The molecule has 0 aliphatic rings. The van der Waals surface area contributed by atoms with Crippen LogP contribution in [0.1, 0.15) is 21.8 Å². The van der Waals surface area contributed by atoms with E-state index >= 15 is 0 Å². The van der Waals surface area contributed by atoms with Gasteiger partial charge in [-0.05, 0) is 35.9 Å². The van der Waals surface area contributed by atoms with Crippen LogP contribution in [0.25, 0.3) is 0 Å². The van der Waals surface area contributed by atoms with Gasteiger partial charge in [-0.25, -0.2) is 0 Å². The van der Waals surface area contributed by atoms with E-state index in [-0.39, 0.29) is 5.78 Å². The van der Waals surface area contributed by atoms with E-state index < -0.39 is 5.92 Å². The summed E-state index contributed by atoms with van der Waals surface area (Å²) in [6.45, 7) is 0. The third kappa shape index (κ3) is 2.79. The SMILES string of the molecule is COc1cc(Cl)ccc1C(=O)C(C#N)c1ccncc1. The fraction of sp³-hybridized carbons (Fsp3) is 0.133. The molecular formula is C15H11ClN2O2. The summed E-state index contributed by atoms with van der Waals surface area (Å²) < 4.78 is 5.15. The van der Waals surface area contributed by atoms with Crippen molar-refractivity contribution in [3.05, 3.63) is 58.9 Å². The van der Waals surface area contributed by atoms with E-state index in [1.165, 1.54) is 7.11 Å². The lowest BCUT2D eigenvalue weighted by Gasteiger charge is -2.12. The zero-order chi connectivity index (χ0) is 14.5. The van der Waals surface area contributed by atoms with Gasteiger partial charge < -0.3 is 4.74 Å². The zero-order valence-electron chi connectivity index (χ0n) is 10.7. The van der Waals surface area contributed by atoms with Gasteiger partial charge >= 0.3 is 0 Å². The summed E-state index contributed by atoms with van der Waals surface area (Å²) in [4.78, 5) is 16.4. The minimum absolute atomic E-state index is 0.327. The average molecular weight is 287 g/mol. The Hall–Kier alpha value is -2.38. The quantitative estimate of drug-likeness (QED) is 0.810. The minimum Gasteiger partial charge on any atom is -0.496 e. The highest BCUT2D eigenvalue weighted by molar-refractivity contribution is 6.31. The van der Waals surface area contributed by atoms with Crippen molar-refractivity contribution in [3.63, 3.8) is 0 Å². The van der Waals surface area contributed by atoms with Gasteiger partial charge in [0.05, 0.1) is 18.7 Å². The molecule has 0 spiro atoms. The van der Waals surface area contributed by atoms with Gasteiger partial charge in [0.15, 0.2) is 5.78 Å². The van der Waals surface area contributed by atoms with Crippen molar-refractivity contribution >= 4 is 17.4 Å². The van der Waals surface area contributed by atoms with E-state index in [2.05, 4.69) is 4.98 Å². The lowest BCUT2D eigenvalue weighted by Crippen LogP contribution is -2.12. The van der Waals surface area contributed by atoms with Crippen molar-refractivity contribution in [2.75, 3.05) is 7.11 Å². The number of ether oxygens (including phenoxy) is 1. The first-order valence-electron chi connectivity index (χ1n) is 5.84. The molecule has 100 valence electrons. The first-order chi connectivity index (χ1) is 9.67. The number of benzene rings is 1. The molecule has 1 atom stereocenters. The van der Waals surface area contributed by atoms with Crippen LogP contribution in [-0.4, -0.2) is 17.9 Å². The normalized spacial score (nSPS) is 11.4. The summed E-state index contributed by atoms with van der Waals surface area (Å²) >= 11 is 5.87. The van der Waals surface area contributed by atoms with Crippen LogP contribution >= 0.6 is 11.6 Å². The molecule has 1 heterocycles. The fourth-order valence-electron chi connectivity index (χ4n) is 1.86. The molecule has 0 aliphatic heterocycles. The molecule has 1 aromatic heterocycles. The number of aromatic nitrogens is 1. The summed E-state index contributed by atoms with van der Waals surface area (Å²) in [5.41, 5.74) is 0.935. The number of methoxy groups -OCH3 is 1. The van der Waals surface area contributed by atoms with Crippen molar-refractivity contribution < 1.29 is 9.53 Å². The molecule has 0 saturated carbocycles. The number of pyridine rings is 1. The van der Waals surface area contributed by atoms with Crippen molar-refractivity contribution in [1.29, 1.82) is 5.26 Å². The van der Waals surface area contributed by atoms with Crippen molar-refractivity contribution in [3.8, 4) is 11.8 Å². The van der Waals surface area contributed by atoms with Crippen molar-refractivity contribution in [2.24, 2.45) is 0 Å². The molecule has 0 radical (unpaired) electrons. The molecule has 1 aromatic carbocycles. The van der Waals surface area contributed by atoms with Gasteiger partial charge in [0.2, 0.25) is 0 Å². The van der Waals surface area contributed by atoms with Crippen LogP contribution in [0.3, 0.4) is 0 Å². The lowest BCUT2D eigenvalue weighted by atomic mass is 9.92. The first kappa shape index (κ1) is 14.0. The maximum absolute atomic E-state index is 12.5. The van der Waals surface area contributed by atoms with Crippen LogP contribution < -0.4 is 4.74 Å². The first-order valence-corrected chi connectivity index (χ1v) is 6.22. The molecule has 0 bridgehead atoms. The number of hydrogen-bond donors (Lipinski definition) is 0. The summed E-state index contributed by atoms with van der Waals surface area (Å²) in [5.74, 6) is -0.864. The fourth-order valence-corrected chi connectivity index (χ4v) is 2.03. The Morgan fingerprint density at radius 1 is 1.35 bits per heavy atom. The van der Waals surface area contributed by atoms with E-state index in [1.54, 1.807) is 42.7 Å². The number of nitriles is 1. The molecule has 5 heteroatoms. The van der Waals surface area contributed by atoms with Gasteiger partial charge in [-0.15, -0.1) is 0 Å². The Morgan fingerprint density at radius 2 is 2.05 bits per heavy atom. The smallest absolute Gasteiger partial charge is 0.188 e. The van der Waals surface area contributed by atoms with Crippen molar-refractivity contribution in [1.82, 2.24) is 4.98 Å². The Bertz CT molecular complexity index is 665. The molecule has 2 aromatic rings. The molecule has 0 saturated heterocycles. The number of hydrogen-bond acceptors (Lipinski definition) is 4. The maximum Gasteiger partial charge on any atom is 0.188 e. The van der Waals surface area contributed by atoms with E-state index in [0.717, 1.165) is 0 Å². The Morgan fingerprint density at radius 3 is 2.65 bits per heavy atom. The molecule has 0 N–H and O–H groups in total. The third-order valence-electron chi connectivity index (χ3n) is 2.86. The second-order valence-corrected chi connectivity index (χ2v) is 4.49. The highest BCUT2D eigenvalue weighted by Crippen LogP contribution is 2.28. The third-order valence-corrected chi connectivity index (χ3v) is 3.09. The highest BCUT2D eigenvalue weighted by Gasteiger charge is 2.24. The van der Waals surface area contributed by atoms with Gasteiger partial charge in [-0.3, -0.25) is 9.78 Å². The topological polar surface area (TPSA) is 63.0 Å². The second kappa shape index (κ2) is 6.18. The Labute approximate surface area is 121 Å².